The highest BCUT2D eigenvalue weighted by Crippen LogP contribution is 2.32. The molecule has 2 unspecified atom stereocenters. The second-order valence-electron chi connectivity index (χ2n) is 6.15. The summed E-state index contributed by atoms with van der Waals surface area (Å²) in [5, 5.41) is 2.78. The number of fused-ring (bicyclic) bond motifs is 1. The number of nitrogens with one attached hydrogen (secondary N) is 1. The second-order valence-corrected chi connectivity index (χ2v) is 7.19. The van der Waals surface area contributed by atoms with E-state index in [0.29, 0.717) is 35.0 Å². The van der Waals surface area contributed by atoms with Gasteiger partial charge in [0.05, 0.1) is 24.9 Å². The number of benzene rings is 1. The quantitative estimate of drug-likeness (QED) is 0.819. The molecular formula is C17H22F2N2O2S. The minimum absolute atomic E-state index is 0.163. The van der Waals surface area contributed by atoms with Crippen molar-refractivity contribution < 1.29 is 18.3 Å². The molecule has 0 radical (unpaired) electrons. The smallest absolute Gasteiger partial charge is 0.288 e. The molecule has 4 nitrogen and oxygen atoms in total. The minimum Gasteiger partial charge on any atom is -0.375 e. The fourth-order valence-corrected chi connectivity index (χ4v) is 4.11. The first kappa shape index (κ1) is 17.6. The molecule has 1 heterocycles. The van der Waals surface area contributed by atoms with Gasteiger partial charge in [-0.2, -0.15) is 8.78 Å². The van der Waals surface area contributed by atoms with E-state index in [-0.39, 0.29) is 18.6 Å². The first-order valence-electron chi connectivity index (χ1n) is 8.33. The lowest BCUT2D eigenvalue weighted by Gasteiger charge is -2.43. The van der Waals surface area contributed by atoms with Crippen molar-refractivity contribution in [1.82, 2.24) is 4.90 Å². The lowest BCUT2D eigenvalue weighted by Crippen LogP contribution is -2.54. The van der Waals surface area contributed by atoms with Gasteiger partial charge in [0.2, 0.25) is 5.91 Å². The number of thioether (sulfide) groups is 1. The maximum atomic E-state index is 12.6. The van der Waals surface area contributed by atoms with Crippen LogP contribution in [0, 0.1) is 0 Å². The first-order chi connectivity index (χ1) is 11.6. The zero-order valence-electron chi connectivity index (χ0n) is 13.4. The van der Waals surface area contributed by atoms with E-state index in [1.807, 2.05) is 0 Å². The highest BCUT2D eigenvalue weighted by Gasteiger charge is 2.34. The molecule has 24 heavy (non-hydrogen) atoms. The average Bonchev–Trinajstić information content (AvgIpc) is 2.56. The predicted octanol–water partition coefficient (Wildman–Crippen LogP) is 3.58. The van der Waals surface area contributed by atoms with E-state index in [1.165, 1.54) is 6.42 Å². The number of nitrogens with zero attached hydrogens (tertiary/aromatic N) is 1. The molecule has 1 saturated carbocycles. The van der Waals surface area contributed by atoms with Crippen molar-refractivity contribution in [2.75, 3.05) is 25.0 Å². The summed E-state index contributed by atoms with van der Waals surface area (Å²) in [4.78, 5) is 15.0. The molecule has 2 atom stereocenters. The highest BCUT2D eigenvalue weighted by molar-refractivity contribution is 7.99. The van der Waals surface area contributed by atoms with Gasteiger partial charge in [-0.05, 0) is 25.0 Å². The van der Waals surface area contributed by atoms with Gasteiger partial charge in [0.1, 0.15) is 0 Å². The summed E-state index contributed by atoms with van der Waals surface area (Å²) in [6.45, 7) is 1.66. The van der Waals surface area contributed by atoms with Gasteiger partial charge in [0.15, 0.2) is 0 Å². The molecule has 1 N–H and O–H groups in total. The van der Waals surface area contributed by atoms with Crippen LogP contribution in [0.25, 0.3) is 0 Å². The van der Waals surface area contributed by atoms with E-state index in [2.05, 4.69) is 10.2 Å². The molecule has 3 rings (SSSR count). The van der Waals surface area contributed by atoms with Gasteiger partial charge in [-0.3, -0.25) is 9.69 Å². The predicted molar refractivity (Wildman–Crippen MR) is 90.5 cm³/mol. The van der Waals surface area contributed by atoms with Crippen molar-refractivity contribution >= 4 is 23.4 Å². The van der Waals surface area contributed by atoms with Crippen molar-refractivity contribution in [1.29, 1.82) is 0 Å². The molecule has 1 aliphatic heterocycles. The Balaban J connectivity index is 1.61. The molecule has 2 aliphatic rings. The number of ether oxygens (including phenoxy) is 1. The first-order valence-corrected chi connectivity index (χ1v) is 9.21. The summed E-state index contributed by atoms with van der Waals surface area (Å²) in [7, 11) is 0. The summed E-state index contributed by atoms with van der Waals surface area (Å²) >= 11 is 0.450. The number of amides is 1. The normalized spacial score (nSPS) is 24.6. The van der Waals surface area contributed by atoms with Crippen LogP contribution in [0.5, 0.6) is 0 Å². The molecule has 1 aromatic carbocycles. The Labute approximate surface area is 144 Å². The fourth-order valence-electron chi connectivity index (χ4n) is 3.52. The summed E-state index contributed by atoms with van der Waals surface area (Å²) in [5.41, 5.74) is 0.446. The number of morpholine rings is 1. The van der Waals surface area contributed by atoms with Gasteiger partial charge in [-0.1, -0.05) is 36.7 Å². The van der Waals surface area contributed by atoms with E-state index in [9.17, 15) is 13.6 Å². The molecule has 132 valence electrons. The van der Waals surface area contributed by atoms with Crippen molar-refractivity contribution in [2.45, 2.75) is 48.5 Å². The van der Waals surface area contributed by atoms with Crippen LogP contribution in [0.1, 0.15) is 25.7 Å². The lowest BCUT2D eigenvalue weighted by molar-refractivity contribution is -0.124. The Morgan fingerprint density at radius 3 is 2.96 bits per heavy atom. The van der Waals surface area contributed by atoms with Crippen molar-refractivity contribution in [3.8, 4) is 0 Å². The van der Waals surface area contributed by atoms with Gasteiger partial charge in [0, 0.05) is 17.5 Å². The molecular weight excluding hydrogens is 334 g/mol. The van der Waals surface area contributed by atoms with Crippen LogP contribution < -0.4 is 5.32 Å². The number of anilines is 1. The maximum Gasteiger partial charge on any atom is 0.288 e. The van der Waals surface area contributed by atoms with E-state index < -0.39 is 5.76 Å². The third-order valence-corrected chi connectivity index (χ3v) is 5.36. The number of carbonyl (C=O) groups is 1. The standard InChI is InChI=1S/C17H22F2N2O2S/c18-17(19)24-15-8-4-1-5-12(15)20-16(22)11-21-9-10-23-14-7-3-2-6-13(14)21/h1,4-5,8,13-14,17H,2-3,6-7,9-11H2,(H,20,22). The number of halogens is 2. The largest absolute Gasteiger partial charge is 0.375 e. The Morgan fingerprint density at radius 2 is 2.12 bits per heavy atom. The van der Waals surface area contributed by atoms with E-state index in [1.54, 1.807) is 24.3 Å². The fraction of sp³-hybridized carbons (Fsp3) is 0.588. The Kier molecular flexibility index (Phi) is 6.08. The van der Waals surface area contributed by atoms with Crippen LogP contribution in [0.2, 0.25) is 0 Å². The third kappa shape index (κ3) is 4.46. The topological polar surface area (TPSA) is 41.6 Å². The molecule has 7 heteroatoms. The second kappa shape index (κ2) is 8.27. The zero-order valence-corrected chi connectivity index (χ0v) is 14.2. The molecule has 1 aromatic rings. The summed E-state index contributed by atoms with van der Waals surface area (Å²) in [6, 6.07) is 6.97. The molecule has 2 fully saturated rings. The van der Waals surface area contributed by atoms with Gasteiger partial charge in [0.25, 0.3) is 5.76 Å². The maximum absolute atomic E-state index is 12.6. The minimum atomic E-state index is -2.51. The summed E-state index contributed by atoms with van der Waals surface area (Å²) in [6.07, 6.45) is 4.67. The zero-order chi connectivity index (χ0) is 16.9. The van der Waals surface area contributed by atoms with Crippen molar-refractivity contribution in [3.63, 3.8) is 0 Å². The Hall–Kier alpha value is -1.18. The van der Waals surface area contributed by atoms with Gasteiger partial charge >= 0.3 is 0 Å². The summed E-state index contributed by atoms with van der Waals surface area (Å²) < 4.78 is 31.1. The van der Waals surface area contributed by atoms with Gasteiger partial charge < -0.3 is 10.1 Å². The SMILES string of the molecule is O=C(CN1CCOC2CCCCC21)Nc1ccccc1SC(F)F. The molecule has 1 saturated heterocycles. The van der Waals surface area contributed by atoms with E-state index in [0.717, 1.165) is 25.8 Å². The number of para-hydroxylation sites is 1. The average molecular weight is 356 g/mol. The molecule has 1 aliphatic carbocycles. The van der Waals surface area contributed by atoms with E-state index >= 15 is 0 Å². The molecule has 1 amide bonds. The summed E-state index contributed by atoms with van der Waals surface area (Å²) in [5.74, 6) is -2.67. The number of hydrogen-bond acceptors (Lipinski definition) is 4. The number of carbonyl (C=O) groups excluding carboxylic acids is 1. The van der Waals surface area contributed by atoms with Crippen LogP contribution >= 0.6 is 11.8 Å². The number of rotatable bonds is 5. The molecule has 0 bridgehead atoms. The van der Waals surface area contributed by atoms with Gasteiger partial charge in [-0.25, -0.2) is 0 Å². The third-order valence-electron chi connectivity index (χ3n) is 4.57. The van der Waals surface area contributed by atoms with Crippen LogP contribution in [0.3, 0.4) is 0 Å². The van der Waals surface area contributed by atoms with Crippen LogP contribution in [0.4, 0.5) is 14.5 Å². The Bertz CT molecular complexity index is 571. The number of hydrogen-bond donors (Lipinski definition) is 1. The van der Waals surface area contributed by atoms with Crippen molar-refractivity contribution in [2.24, 2.45) is 0 Å². The Morgan fingerprint density at radius 1 is 1.33 bits per heavy atom. The van der Waals surface area contributed by atoms with Crippen LogP contribution in [-0.4, -0.2) is 48.4 Å². The van der Waals surface area contributed by atoms with Crippen LogP contribution in [0.15, 0.2) is 29.2 Å². The van der Waals surface area contributed by atoms with Crippen LogP contribution in [-0.2, 0) is 9.53 Å². The van der Waals surface area contributed by atoms with E-state index in [4.69, 9.17) is 4.74 Å². The monoisotopic (exact) mass is 356 g/mol. The number of alkyl halides is 2. The highest BCUT2D eigenvalue weighted by atomic mass is 32.2. The lowest BCUT2D eigenvalue weighted by atomic mass is 9.90. The van der Waals surface area contributed by atoms with Gasteiger partial charge in [-0.15, -0.1) is 0 Å². The molecule has 0 aromatic heterocycles. The van der Waals surface area contributed by atoms with Crippen molar-refractivity contribution in [3.05, 3.63) is 24.3 Å². The molecule has 0 spiro atoms.